The van der Waals surface area contributed by atoms with Crippen LogP contribution in [0.25, 0.3) is 0 Å². The molecule has 2 aliphatic rings. The molecule has 0 saturated carbocycles. The van der Waals surface area contributed by atoms with E-state index in [0.717, 1.165) is 0 Å². The highest BCUT2D eigenvalue weighted by atomic mass is 16.8. The van der Waals surface area contributed by atoms with Crippen LogP contribution in [0, 0.1) is 0 Å². The van der Waals surface area contributed by atoms with Crippen LogP contribution < -0.4 is 0 Å². The topological polar surface area (TPSA) is 85.6 Å². The van der Waals surface area contributed by atoms with Crippen LogP contribution in [0.3, 0.4) is 0 Å². The second-order valence-corrected chi connectivity index (χ2v) is 4.98. The number of ether oxygens (including phenoxy) is 6. The lowest BCUT2D eigenvalue weighted by molar-refractivity contribution is -0.00374. The van der Waals surface area contributed by atoms with Crippen molar-refractivity contribution in [3.8, 4) is 0 Å². The van der Waals surface area contributed by atoms with E-state index in [1.807, 2.05) is 12.1 Å². The third-order valence-electron chi connectivity index (χ3n) is 3.15. The molecule has 2 unspecified atom stereocenters. The second-order valence-electron chi connectivity index (χ2n) is 4.98. The van der Waals surface area contributed by atoms with E-state index >= 15 is 0 Å². The largest absolute Gasteiger partial charge is 0.508 e. The van der Waals surface area contributed by atoms with Crippen molar-refractivity contribution < 1.29 is 37.6 Å². The van der Waals surface area contributed by atoms with E-state index in [9.17, 15) is 4.79 Å². The molecule has 0 radical (unpaired) electrons. The SMILES string of the molecule is O=C1OCC(COCc2ccc(COCC3COCO3)o2)O1. The van der Waals surface area contributed by atoms with Gasteiger partial charge in [0.05, 0.1) is 19.8 Å². The van der Waals surface area contributed by atoms with Gasteiger partial charge < -0.3 is 32.8 Å². The van der Waals surface area contributed by atoms with E-state index in [-0.39, 0.29) is 25.4 Å². The number of furan rings is 1. The third kappa shape index (κ3) is 4.44. The van der Waals surface area contributed by atoms with Gasteiger partial charge in [0.25, 0.3) is 0 Å². The summed E-state index contributed by atoms with van der Waals surface area (Å²) in [6.07, 6.45) is -1.00. The van der Waals surface area contributed by atoms with Gasteiger partial charge in [-0.2, -0.15) is 0 Å². The summed E-state index contributed by atoms with van der Waals surface area (Å²) in [5.74, 6) is 1.40. The average Bonchev–Trinajstić information content (AvgIpc) is 3.22. The quantitative estimate of drug-likeness (QED) is 0.662. The number of cyclic esters (lactones) is 2. The molecular formula is C14H18O8. The van der Waals surface area contributed by atoms with Gasteiger partial charge in [0.1, 0.15) is 44.2 Å². The van der Waals surface area contributed by atoms with Crippen molar-refractivity contribution in [2.75, 3.05) is 33.2 Å². The maximum absolute atomic E-state index is 10.7. The van der Waals surface area contributed by atoms with Gasteiger partial charge in [0.2, 0.25) is 0 Å². The summed E-state index contributed by atoms with van der Waals surface area (Å²) >= 11 is 0. The molecule has 22 heavy (non-hydrogen) atoms. The first-order valence-electron chi connectivity index (χ1n) is 7.05. The molecule has 2 saturated heterocycles. The molecule has 0 amide bonds. The number of carbonyl (C=O) groups excluding carboxylic acids is 1. The minimum Gasteiger partial charge on any atom is -0.461 e. The Balaban J connectivity index is 1.31. The number of carbonyl (C=O) groups is 1. The summed E-state index contributed by atoms with van der Waals surface area (Å²) in [6, 6.07) is 3.66. The molecule has 0 spiro atoms. The molecule has 8 heteroatoms. The smallest absolute Gasteiger partial charge is 0.461 e. The fourth-order valence-corrected chi connectivity index (χ4v) is 2.07. The fourth-order valence-electron chi connectivity index (χ4n) is 2.07. The monoisotopic (exact) mass is 314 g/mol. The van der Waals surface area contributed by atoms with Gasteiger partial charge in [-0.15, -0.1) is 0 Å². The van der Waals surface area contributed by atoms with Crippen molar-refractivity contribution in [3.05, 3.63) is 23.7 Å². The summed E-state index contributed by atoms with van der Waals surface area (Å²) < 4.78 is 36.3. The lowest BCUT2D eigenvalue weighted by atomic mass is 10.4. The average molecular weight is 314 g/mol. The summed E-state index contributed by atoms with van der Waals surface area (Å²) in [6.45, 7) is 2.53. The number of hydrogen-bond donors (Lipinski definition) is 0. The first-order chi connectivity index (χ1) is 10.8. The van der Waals surface area contributed by atoms with Crippen LogP contribution in [0.4, 0.5) is 4.79 Å². The zero-order valence-corrected chi connectivity index (χ0v) is 12.0. The molecule has 1 aromatic heterocycles. The van der Waals surface area contributed by atoms with E-state index in [1.165, 1.54) is 0 Å². The van der Waals surface area contributed by atoms with Crippen LogP contribution >= 0.6 is 0 Å². The molecule has 2 aliphatic heterocycles. The van der Waals surface area contributed by atoms with Gasteiger partial charge >= 0.3 is 6.16 Å². The highest BCUT2D eigenvalue weighted by molar-refractivity contribution is 5.61. The fraction of sp³-hybridized carbons (Fsp3) is 0.643. The van der Waals surface area contributed by atoms with Crippen LogP contribution in [-0.2, 0) is 41.6 Å². The molecule has 0 aliphatic carbocycles. The minimum absolute atomic E-state index is 0.00546. The lowest BCUT2D eigenvalue weighted by Crippen LogP contribution is -2.17. The second kappa shape index (κ2) is 7.59. The van der Waals surface area contributed by atoms with E-state index in [2.05, 4.69) is 4.74 Å². The van der Waals surface area contributed by atoms with Gasteiger partial charge in [-0.25, -0.2) is 4.79 Å². The third-order valence-corrected chi connectivity index (χ3v) is 3.15. The van der Waals surface area contributed by atoms with Crippen molar-refractivity contribution in [1.82, 2.24) is 0 Å². The van der Waals surface area contributed by atoms with Crippen LogP contribution in [0.1, 0.15) is 11.5 Å². The zero-order chi connectivity index (χ0) is 15.2. The van der Waals surface area contributed by atoms with Crippen molar-refractivity contribution in [2.45, 2.75) is 25.4 Å². The molecular weight excluding hydrogens is 296 g/mol. The maximum Gasteiger partial charge on any atom is 0.508 e. The first kappa shape index (κ1) is 15.3. The van der Waals surface area contributed by atoms with Crippen molar-refractivity contribution in [2.24, 2.45) is 0 Å². The van der Waals surface area contributed by atoms with Gasteiger partial charge in [-0.3, -0.25) is 0 Å². The highest BCUT2D eigenvalue weighted by Crippen LogP contribution is 2.13. The summed E-state index contributed by atoms with van der Waals surface area (Å²) in [5, 5.41) is 0. The van der Waals surface area contributed by atoms with Gasteiger partial charge in [-0.1, -0.05) is 0 Å². The van der Waals surface area contributed by atoms with Gasteiger partial charge in [0.15, 0.2) is 6.10 Å². The Morgan fingerprint density at radius 3 is 2.36 bits per heavy atom. The number of hydrogen-bond acceptors (Lipinski definition) is 8. The predicted octanol–water partition coefficient (Wildman–Crippen LogP) is 1.22. The Hall–Kier alpha value is -1.61. The molecule has 1 aromatic rings. The zero-order valence-electron chi connectivity index (χ0n) is 12.0. The van der Waals surface area contributed by atoms with Crippen LogP contribution in [-0.4, -0.2) is 51.6 Å². The molecule has 8 nitrogen and oxygen atoms in total. The molecule has 3 rings (SSSR count). The minimum atomic E-state index is -0.650. The Kier molecular flexibility index (Phi) is 5.28. The summed E-state index contributed by atoms with van der Waals surface area (Å²) in [7, 11) is 0. The normalized spacial score (nSPS) is 24.5. The van der Waals surface area contributed by atoms with Gasteiger partial charge in [0, 0.05) is 0 Å². The molecule has 2 atom stereocenters. The first-order valence-corrected chi connectivity index (χ1v) is 7.05. The van der Waals surface area contributed by atoms with Gasteiger partial charge in [-0.05, 0) is 12.1 Å². The van der Waals surface area contributed by atoms with Crippen molar-refractivity contribution >= 4 is 6.16 Å². The molecule has 0 aromatic carbocycles. The Morgan fingerprint density at radius 1 is 1.05 bits per heavy atom. The molecule has 0 N–H and O–H groups in total. The summed E-state index contributed by atoms with van der Waals surface area (Å²) in [5.41, 5.74) is 0. The Labute approximate surface area is 127 Å². The van der Waals surface area contributed by atoms with E-state index in [1.54, 1.807) is 0 Å². The van der Waals surface area contributed by atoms with E-state index in [4.69, 9.17) is 28.1 Å². The van der Waals surface area contributed by atoms with Crippen LogP contribution in [0.15, 0.2) is 16.5 Å². The van der Waals surface area contributed by atoms with E-state index < -0.39 is 6.16 Å². The van der Waals surface area contributed by atoms with E-state index in [0.29, 0.717) is 44.7 Å². The predicted molar refractivity (Wildman–Crippen MR) is 69.9 cm³/mol. The summed E-state index contributed by atoms with van der Waals surface area (Å²) in [4.78, 5) is 10.7. The van der Waals surface area contributed by atoms with Crippen molar-refractivity contribution in [3.63, 3.8) is 0 Å². The molecule has 0 bridgehead atoms. The highest BCUT2D eigenvalue weighted by Gasteiger charge is 2.25. The standard InChI is InChI=1S/C14H18O8/c15-14-19-8-13(22-14)7-17-4-11-2-1-10(21-11)3-16-5-12-6-18-9-20-12/h1-2,12-13H,3-9H2. The Morgan fingerprint density at radius 2 is 1.77 bits per heavy atom. The maximum atomic E-state index is 10.7. The lowest BCUT2D eigenvalue weighted by Gasteiger charge is -2.07. The molecule has 3 heterocycles. The number of rotatable bonds is 8. The van der Waals surface area contributed by atoms with Crippen molar-refractivity contribution in [1.29, 1.82) is 0 Å². The molecule has 122 valence electrons. The Bertz CT molecular complexity index is 479. The van der Waals surface area contributed by atoms with Crippen LogP contribution in [0.2, 0.25) is 0 Å². The molecule has 2 fully saturated rings. The van der Waals surface area contributed by atoms with Crippen LogP contribution in [0.5, 0.6) is 0 Å².